The van der Waals surface area contributed by atoms with Crippen molar-refractivity contribution in [2.24, 2.45) is 0 Å². The van der Waals surface area contributed by atoms with Crippen molar-refractivity contribution in [3.05, 3.63) is 82.5 Å². The number of rotatable bonds is 4. The van der Waals surface area contributed by atoms with Gasteiger partial charge in [0.05, 0.1) is 5.39 Å². The lowest BCUT2D eigenvalue weighted by Crippen LogP contribution is -2.19. The zero-order valence-electron chi connectivity index (χ0n) is 13.2. The van der Waals surface area contributed by atoms with Crippen molar-refractivity contribution < 1.29 is 13.9 Å². The van der Waals surface area contributed by atoms with Gasteiger partial charge in [0.25, 0.3) is 0 Å². The van der Waals surface area contributed by atoms with E-state index in [9.17, 15) is 9.59 Å². The molecular formula is C20H16O4. The first-order chi connectivity index (χ1) is 11.6. The summed E-state index contributed by atoms with van der Waals surface area (Å²) in [7, 11) is 0. The predicted octanol–water partition coefficient (Wildman–Crippen LogP) is 4.11. The molecule has 120 valence electrons. The van der Waals surface area contributed by atoms with Crippen LogP contribution in [-0.4, -0.2) is 12.6 Å². The van der Waals surface area contributed by atoms with Crippen LogP contribution in [0.15, 0.2) is 70.4 Å². The number of para-hydroxylation sites is 1. The van der Waals surface area contributed by atoms with Gasteiger partial charge < -0.3 is 9.15 Å². The molecule has 3 rings (SSSR count). The lowest BCUT2D eigenvalue weighted by Gasteiger charge is -2.10. The van der Waals surface area contributed by atoms with E-state index in [1.54, 1.807) is 24.3 Å². The Morgan fingerprint density at radius 3 is 2.58 bits per heavy atom. The van der Waals surface area contributed by atoms with E-state index in [1.807, 2.05) is 31.2 Å². The Bertz CT molecular complexity index is 965. The molecule has 0 fully saturated rings. The number of ether oxygens (including phenoxy) is 1. The van der Waals surface area contributed by atoms with Crippen molar-refractivity contribution >= 4 is 16.9 Å². The zero-order chi connectivity index (χ0) is 17.1. The van der Waals surface area contributed by atoms with Gasteiger partial charge in [-0.15, -0.1) is 0 Å². The summed E-state index contributed by atoms with van der Waals surface area (Å²) in [5.41, 5.74) is 1.64. The van der Waals surface area contributed by atoms with Crippen LogP contribution in [0.2, 0.25) is 0 Å². The zero-order valence-corrected chi connectivity index (χ0v) is 13.2. The third kappa shape index (κ3) is 2.86. The highest BCUT2D eigenvalue weighted by atomic mass is 16.5. The van der Waals surface area contributed by atoms with Gasteiger partial charge in [0.15, 0.2) is 11.3 Å². The summed E-state index contributed by atoms with van der Waals surface area (Å²) < 4.78 is 11.0. The number of aryl methyl sites for hydroxylation is 1. The minimum atomic E-state index is -0.718. The van der Waals surface area contributed by atoms with E-state index in [1.165, 1.54) is 6.08 Å². The fourth-order valence-corrected chi connectivity index (χ4v) is 2.44. The summed E-state index contributed by atoms with van der Waals surface area (Å²) in [6.45, 7) is 5.49. The van der Waals surface area contributed by atoms with Crippen LogP contribution in [0.3, 0.4) is 0 Å². The Labute approximate surface area is 139 Å². The smallest absolute Gasteiger partial charge is 0.346 e. The monoisotopic (exact) mass is 320 g/mol. The molecule has 1 aromatic heterocycles. The van der Waals surface area contributed by atoms with E-state index < -0.39 is 11.4 Å². The van der Waals surface area contributed by atoms with Crippen LogP contribution in [0.1, 0.15) is 15.9 Å². The van der Waals surface area contributed by atoms with E-state index in [-0.39, 0.29) is 17.9 Å². The maximum Gasteiger partial charge on any atom is 0.346 e. The van der Waals surface area contributed by atoms with Gasteiger partial charge in [-0.05, 0) is 19.1 Å². The van der Waals surface area contributed by atoms with Crippen LogP contribution >= 0.6 is 0 Å². The summed E-state index contributed by atoms with van der Waals surface area (Å²) in [6.07, 6.45) is 1.45. The van der Waals surface area contributed by atoms with E-state index in [4.69, 9.17) is 9.15 Å². The molecule has 0 spiro atoms. The number of fused-ring (bicyclic) bond motifs is 1. The summed E-state index contributed by atoms with van der Waals surface area (Å²) >= 11 is 0. The Morgan fingerprint density at radius 1 is 1.17 bits per heavy atom. The topological polar surface area (TPSA) is 56.5 Å². The lowest BCUT2D eigenvalue weighted by molar-refractivity contribution is 0.0547. The van der Waals surface area contributed by atoms with Crippen LogP contribution in [0.5, 0.6) is 0 Å². The molecule has 0 aliphatic heterocycles. The van der Waals surface area contributed by atoms with Gasteiger partial charge in [-0.1, -0.05) is 54.6 Å². The molecule has 0 atom stereocenters. The van der Waals surface area contributed by atoms with E-state index in [0.29, 0.717) is 16.5 Å². The van der Waals surface area contributed by atoms with Crippen LogP contribution < -0.4 is 5.43 Å². The Hall–Kier alpha value is -3.14. The van der Waals surface area contributed by atoms with Gasteiger partial charge in [0, 0.05) is 5.56 Å². The van der Waals surface area contributed by atoms with Crippen LogP contribution in [0.25, 0.3) is 22.3 Å². The number of benzene rings is 2. The average Bonchev–Trinajstić information content (AvgIpc) is 2.60. The number of hydrogen-bond donors (Lipinski definition) is 0. The molecule has 0 bridgehead atoms. The van der Waals surface area contributed by atoms with Crippen LogP contribution in [0.4, 0.5) is 0 Å². The van der Waals surface area contributed by atoms with Crippen molar-refractivity contribution in [1.82, 2.24) is 0 Å². The van der Waals surface area contributed by atoms with Crippen molar-refractivity contribution in [1.29, 1.82) is 0 Å². The second kappa shape index (κ2) is 6.54. The molecule has 4 nitrogen and oxygen atoms in total. The molecule has 2 aromatic carbocycles. The summed E-state index contributed by atoms with van der Waals surface area (Å²) in [4.78, 5) is 25.2. The minimum Gasteiger partial charge on any atom is -0.458 e. The van der Waals surface area contributed by atoms with E-state index >= 15 is 0 Å². The Balaban J connectivity index is 2.28. The number of hydrogen-bond acceptors (Lipinski definition) is 4. The fraction of sp³-hybridized carbons (Fsp3) is 0.100. The highest BCUT2D eigenvalue weighted by Crippen LogP contribution is 2.26. The van der Waals surface area contributed by atoms with Gasteiger partial charge in [-0.25, -0.2) is 4.79 Å². The van der Waals surface area contributed by atoms with E-state index in [2.05, 4.69) is 6.58 Å². The number of carbonyl (C=O) groups is 1. The van der Waals surface area contributed by atoms with Gasteiger partial charge >= 0.3 is 5.97 Å². The first-order valence-electron chi connectivity index (χ1n) is 7.52. The first kappa shape index (κ1) is 15.7. The number of esters is 1. The predicted molar refractivity (Wildman–Crippen MR) is 93.1 cm³/mol. The molecule has 3 aromatic rings. The molecule has 1 heterocycles. The van der Waals surface area contributed by atoms with Crippen molar-refractivity contribution in [3.8, 4) is 11.3 Å². The second-order valence-corrected chi connectivity index (χ2v) is 5.38. The maximum absolute atomic E-state index is 12.8. The molecule has 0 aliphatic carbocycles. The minimum absolute atomic E-state index is 0.0262. The maximum atomic E-state index is 12.8. The van der Waals surface area contributed by atoms with E-state index in [0.717, 1.165) is 5.56 Å². The summed E-state index contributed by atoms with van der Waals surface area (Å²) in [5.74, 6) is -0.502. The van der Waals surface area contributed by atoms with Crippen molar-refractivity contribution in [2.75, 3.05) is 6.61 Å². The van der Waals surface area contributed by atoms with Crippen molar-refractivity contribution in [3.63, 3.8) is 0 Å². The molecule has 0 radical (unpaired) electrons. The quantitative estimate of drug-likeness (QED) is 0.536. The third-order valence-electron chi connectivity index (χ3n) is 3.65. The molecule has 0 saturated heterocycles. The highest BCUT2D eigenvalue weighted by Gasteiger charge is 2.23. The third-order valence-corrected chi connectivity index (χ3v) is 3.65. The van der Waals surface area contributed by atoms with Gasteiger partial charge in [0.2, 0.25) is 5.43 Å². The second-order valence-electron chi connectivity index (χ2n) is 5.38. The van der Waals surface area contributed by atoms with Gasteiger partial charge in [-0.2, -0.15) is 0 Å². The molecule has 0 N–H and O–H groups in total. The van der Waals surface area contributed by atoms with Crippen LogP contribution in [-0.2, 0) is 4.74 Å². The van der Waals surface area contributed by atoms with Gasteiger partial charge in [-0.3, -0.25) is 4.79 Å². The Kier molecular flexibility index (Phi) is 4.29. The highest BCUT2D eigenvalue weighted by molar-refractivity contribution is 5.99. The molecule has 0 unspecified atom stereocenters. The standard InChI is InChI=1S/C20H16O4/c1-3-12-23-20(22)17-18(21)15-6-4-5-7-16(15)24-19(17)14-10-8-13(2)9-11-14/h3-11H,1,12H2,2H3. The van der Waals surface area contributed by atoms with Crippen molar-refractivity contribution in [2.45, 2.75) is 6.92 Å². The molecule has 0 aliphatic rings. The fourth-order valence-electron chi connectivity index (χ4n) is 2.44. The van der Waals surface area contributed by atoms with Gasteiger partial charge in [0.1, 0.15) is 12.2 Å². The average molecular weight is 320 g/mol. The molecule has 24 heavy (non-hydrogen) atoms. The largest absolute Gasteiger partial charge is 0.458 e. The molecule has 0 amide bonds. The molecule has 0 saturated carbocycles. The molecular weight excluding hydrogens is 304 g/mol. The molecule has 4 heteroatoms. The normalized spacial score (nSPS) is 10.5. The Morgan fingerprint density at radius 2 is 1.88 bits per heavy atom. The summed E-state index contributed by atoms with van der Waals surface area (Å²) in [6, 6.07) is 14.2. The lowest BCUT2D eigenvalue weighted by atomic mass is 10.0. The first-order valence-corrected chi connectivity index (χ1v) is 7.52. The SMILES string of the molecule is C=CCOC(=O)c1c(-c2ccc(C)cc2)oc2ccccc2c1=O. The number of carbonyl (C=O) groups excluding carboxylic acids is 1. The van der Waals surface area contributed by atoms with Crippen LogP contribution in [0, 0.1) is 6.92 Å². The summed E-state index contributed by atoms with van der Waals surface area (Å²) in [5, 5.41) is 0.346.